The lowest BCUT2D eigenvalue weighted by atomic mass is 10.2. The Morgan fingerprint density at radius 1 is 1.50 bits per heavy atom. The summed E-state index contributed by atoms with van der Waals surface area (Å²) < 4.78 is 30.3. The number of hydrogen-bond acceptors (Lipinski definition) is 4. The molecule has 0 atom stereocenters. The highest BCUT2D eigenvalue weighted by atomic mass is 19.2. The fourth-order valence-electron chi connectivity index (χ4n) is 1.04. The van der Waals surface area contributed by atoms with E-state index in [-0.39, 0.29) is 6.61 Å². The molecular formula is C9H7F2NO4. The third kappa shape index (κ3) is 2.30. The zero-order valence-electron chi connectivity index (χ0n) is 8.20. The number of halogens is 2. The van der Waals surface area contributed by atoms with E-state index in [1.165, 1.54) is 6.92 Å². The van der Waals surface area contributed by atoms with Crippen LogP contribution < -0.4 is 0 Å². The quantitative estimate of drug-likeness (QED) is 0.453. The average molecular weight is 231 g/mol. The topological polar surface area (TPSA) is 69.4 Å². The van der Waals surface area contributed by atoms with Gasteiger partial charge in [0, 0.05) is 6.07 Å². The molecule has 0 unspecified atom stereocenters. The molecule has 0 aliphatic heterocycles. The van der Waals surface area contributed by atoms with Gasteiger partial charge in [-0.2, -0.15) is 4.39 Å². The number of nitro groups is 1. The van der Waals surface area contributed by atoms with Gasteiger partial charge < -0.3 is 4.74 Å². The molecule has 0 aromatic heterocycles. The lowest BCUT2D eigenvalue weighted by Crippen LogP contribution is -2.07. The number of carbonyl (C=O) groups excluding carboxylic acids is 1. The second-order valence-electron chi connectivity index (χ2n) is 2.77. The van der Waals surface area contributed by atoms with Gasteiger partial charge >= 0.3 is 11.7 Å². The molecule has 0 amide bonds. The van der Waals surface area contributed by atoms with Gasteiger partial charge in [0.1, 0.15) is 0 Å². The Morgan fingerprint density at radius 2 is 2.12 bits per heavy atom. The molecule has 0 heterocycles. The standard InChI is InChI=1S/C9H7F2NO4/c1-2-16-9(13)5-3-6(10)8(11)7(4-5)12(14)15/h3-4H,2H2,1H3. The second kappa shape index (κ2) is 4.65. The van der Waals surface area contributed by atoms with Gasteiger partial charge in [-0.1, -0.05) is 0 Å². The Labute approximate surface area is 88.8 Å². The maximum atomic E-state index is 12.9. The fraction of sp³-hybridized carbons (Fsp3) is 0.222. The van der Waals surface area contributed by atoms with Crippen molar-refractivity contribution in [2.75, 3.05) is 6.61 Å². The van der Waals surface area contributed by atoms with Crippen LogP contribution in [0.1, 0.15) is 17.3 Å². The Bertz CT molecular complexity index is 447. The number of carbonyl (C=O) groups is 1. The molecule has 0 radical (unpaired) electrons. The molecule has 16 heavy (non-hydrogen) atoms. The van der Waals surface area contributed by atoms with Crippen molar-refractivity contribution >= 4 is 11.7 Å². The van der Waals surface area contributed by atoms with Crippen LogP contribution in [0, 0.1) is 21.7 Å². The minimum absolute atomic E-state index is 0.0334. The molecule has 7 heteroatoms. The average Bonchev–Trinajstić information content (AvgIpc) is 2.21. The first kappa shape index (κ1) is 12.0. The van der Waals surface area contributed by atoms with Crippen molar-refractivity contribution in [1.29, 1.82) is 0 Å². The van der Waals surface area contributed by atoms with Crippen LogP contribution in [0.2, 0.25) is 0 Å². The maximum Gasteiger partial charge on any atom is 0.338 e. The summed E-state index contributed by atoms with van der Waals surface area (Å²) in [6.45, 7) is 1.55. The SMILES string of the molecule is CCOC(=O)c1cc(F)c(F)c([N+](=O)[O-])c1. The zero-order chi connectivity index (χ0) is 12.3. The summed E-state index contributed by atoms with van der Waals surface area (Å²) in [4.78, 5) is 20.4. The van der Waals surface area contributed by atoms with Crippen LogP contribution in [0.5, 0.6) is 0 Å². The van der Waals surface area contributed by atoms with Crippen LogP contribution in [-0.4, -0.2) is 17.5 Å². The molecular weight excluding hydrogens is 224 g/mol. The lowest BCUT2D eigenvalue weighted by molar-refractivity contribution is -0.387. The summed E-state index contributed by atoms with van der Waals surface area (Å²) in [5, 5.41) is 10.4. The van der Waals surface area contributed by atoms with Crippen molar-refractivity contribution in [1.82, 2.24) is 0 Å². The first-order valence-corrected chi connectivity index (χ1v) is 4.28. The van der Waals surface area contributed by atoms with Crippen LogP contribution in [0.4, 0.5) is 14.5 Å². The number of benzene rings is 1. The van der Waals surface area contributed by atoms with Gasteiger partial charge in [0.05, 0.1) is 17.1 Å². The predicted octanol–water partition coefficient (Wildman–Crippen LogP) is 2.05. The van der Waals surface area contributed by atoms with E-state index in [1.54, 1.807) is 0 Å². The minimum Gasteiger partial charge on any atom is -0.462 e. The summed E-state index contributed by atoms with van der Waals surface area (Å²) in [6, 6.07) is 1.19. The van der Waals surface area contributed by atoms with Gasteiger partial charge in [0.15, 0.2) is 5.82 Å². The van der Waals surface area contributed by atoms with Gasteiger partial charge in [0.25, 0.3) is 0 Å². The number of esters is 1. The normalized spacial score (nSPS) is 9.94. The van der Waals surface area contributed by atoms with Gasteiger partial charge in [-0.3, -0.25) is 10.1 Å². The number of nitro benzene ring substituents is 1. The van der Waals surface area contributed by atoms with E-state index in [0.717, 1.165) is 0 Å². The first-order valence-electron chi connectivity index (χ1n) is 4.28. The Morgan fingerprint density at radius 3 is 2.62 bits per heavy atom. The fourth-order valence-corrected chi connectivity index (χ4v) is 1.04. The summed E-state index contributed by atoms with van der Waals surface area (Å²) in [6.07, 6.45) is 0. The largest absolute Gasteiger partial charge is 0.462 e. The van der Waals surface area contributed by atoms with Crippen LogP contribution >= 0.6 is 0 Å². The number of hydrogen-bond donors (Lipinski definition) is 0. The third-order valence-corrected chi connectivity index (χ3v) is 1.72. The van der Waals surface area contributed by atoms with Crippen molar-refractivity contribution in [2.45, 2.75) is 6.92 Å². The van der Waals surface area contributed by atoms with Crippen LogP contribution in [-0.2, 0) is 4.74 Å². The van der Waals surface area contributed by atoms with Gasteiger partial charge in [-0.15, -0.1) is 0 Å². The Hall–Kier alpha value is -2.05. The van der Waals surface area contributed by atoms with E-state index in [1.807, 2.05) is 0 Å². The summed E-state index contributed by atoms with van der Waals surface area (Å²) in [5.74, 6) is -4.00. The number of nitrogens with zero attached hydrogens (tertiary/aromatic N) is 1. The van der Waals surface area contributed by atoms with Crippen LogP contribution in [0.15, 0.2) is 12.1 Å². The van der Waals surface area contributed by atoms with Gasteiger partial charge in [0.2, 0.25) is 5.82 Å². The molecule has 0 saturated carbocycles. The van der Waals surface area contributed by atoms with Crippen LogP contribution in [0.3, 0.4) is 0 Å². The van der Waals surface area contributed by atoms with Gasteiger partial charge in [-0.05, 0) is 13.0 Å². The highest BCUT2D eigenvalue weighted by Crippen LogP contribution is 2.22. The minimum atomic E-state index is -1.60. The molecule has 1 aromatic rings. The van der Waals surface area contributed by atoms with Crippen molar-refractivity contribution in [3.63, 3.8) is 0 Å². The first-order chi connectivity index (χ1) is 7.47. The van der Waals surface area contributed by atoms with E-state index >= 15 is 0 Å². The van der Waals surface area contributed by atoms with E-state index in [4.69, 9.17) is 0 Å². The molecule has 0 aliphatic carbocycles. The molecule has 0 saturated heterocycles. The summed E-state index contributed by atoms with van der Waals surface area (Å²) in [7, 11) is 0. The smallest absolute Gasteiger partial charge is 0.338 e. The summed E-state index contributed by atoms with van der Waals surface area (Å²) >= 11 is 0. The molecule has 0 N–H and O–H groups in total. The molecule has 0 aliphatic rings. The molecule has 1 aromatic carbocycles. The predicted molar refractivity (Wildman–Crippen MR) is 49.0 cm³/mol. The molecule has 0 fully saturated rings. The molecule has 86 valence electrons. The van der Waals surface area contributed by atoms with E-state index in [0.29, 0.717) is 12.1 Å². The van der Waals surface area contributed by atoms with Gasteiger partial charge in [-0.25, -0.2) is 9.18 Å². The second-order valence-corrected chi connectivity index (χ2v) is 2.77. The van der Waals surface area contributed by atoms with E-state index in [9.17, 15) is 23.7 Å². The lowest BCUT2D eigenvalue weighted by Gasteiger charge is -2.02. The van der Waals surface area contributed by atoms with E-state index in [2.05, 4.69) is 4.74 Å². The maximum absolute atomic E-state index is 12.9. The third-order valence-electron chi connectivity index (χ3n) is 1.72. The number of rotatable bonds is 3. The van der Waals surface area contributed by atoms with Crippen molar-refractivity contribution < 1.29 is 23.2 Å². The molecule has 5 nitrogen and oxygen atoms in total. The summed E-state index contributed by atoms with van der Waals surface area (Å²) in [5.41, 5.74) is -1.49. The molecule has 0 bridgehead atoms. The zero-order valence-corrected chi connectivity index (χ0v) is 8.20. The van der Waals surface area contributed by atoms with E-state index < -0.39 is 33.8 Å². The Kier molecular flexibility index (Phi) is 3.49. The highest BCUT2D eigenvalue weighted by Gasteiger charge is 2.22. The molecule has 1 rings (SSSR count). The number of ether oxygens (including phenoxy) is 1. The monoisotopic (exact) mass is 231 g/mol. The highest BCUT2D eigenvalue weighted by molar-refractivity contribution is 5.90. The van der Waals surface area contributed by atoms with Crippen LogP contribution in [0.25, 0.3) is 0 Å². The Balaban J connectivity index is 3.24. The van der Waals surface area contributed by atoms with Crippen molar-refractivity contribution in [3.05, 3.63) is 39.4 Å². The molecule has 0 spiro atoms. The van der Waals surface area contributed by atoms with Crippen molar-refractivity contribution in [2.24, 2.45) is 0 Å². The van der Waals surface area contributed by atoms with Crippen molar-refractivity contribution in [3.8, 4) is 0 Å².